The Morgan fingerprint density at radius 3 is 2.71 bits per heavy atom. The topological polar surface area (TPSA) is 83.5 Å². The predicted molar refractivity (Wildman–Crippen MR) is 52.0 cm³/mol. The van der Waals surface area contributed by atoms with E-state index >= 15 is 0 Å². The minimum Gasteiger partial charge on any atom is -0.508 e. The Labute approximate surface area is 82.0 Å². The molecule has 0 bridgehead atoms. The normalized spacial score (nSPS) is 12.4. The molecular formula is C10H13NO3. The van der Waals surface area contributed by atoms with E-state index in [4.69, 9.17) is 15.9 Å². The van der Waals surface area contributed by atoms with Gasteiger partial charge in [0.05, 0.1) is 6.42 Å². The summed E-state index contributed by atoms with van der Waals surface area (Å²) in [6.07, 6.45) is -0.106. The lowest BCUT2D eigenvalue weighted by Gasteiger charge is -2.12. The molecule has 0 fully saturated rings. The van der Waals surface area contributed by atoms with Gasteiger partial charge in [0.2, 0.25) is 0 Å². The highest BCUT2D eigenvalue weighted by molar-refractivity contribution is 5.68. The molecular weight excluding hydrogens is 182 g/mol. The first-order chi connectivity index (χ1) is 6.50. The number of aliphatic carboxylic acids is 1. The Morgan fingerprint density at radius 2 is 2.21 bits per heavy atom. The molecule has 0 aromatic heterocycles. The maximum absolute atomic E-state index is 10.4. The number of phenolic OH excluding ortho intramolecular Hbond substituents is 1. The van der Waals surface area contributed by atoms with Gasteiger partial charge in [-0.2, -0.15) is 0 Å². The van der Waals surface area contributed by atoms with Crippen LogP contribution in [0.1, 0.15) is 23.6 Å². The van der Waals surface area contributed by atoms with Crippen molar-refractivity contribution in [3.63, 3.8) is 0 Å². The van der Waals surface area contributed by atoms with Gasteiger partial charge in [-0.25, -0.2) is 0 Å². The minimum absolute atomic E-state index is 0.106. The summed E-state index contributed by atoms with van der Waals surface area (Å²) < 4.78 is 0. The van der Waals surface area contributed by atoms with Gasteiger partial charge in [-0.15, -0.1) is 0 Å². The van der Waals surface area contributed by atoms with Crippen LogP contribution in [0.25, 0.3) is 0 Å². The highest BCUT2D eigenvalue weighted by Gasteiger charge is 2.12. The van der Waals surface area contributed by atoms with Gasteiger partial charge < -0.3 is 15.9 Å². The monoisotopic (exact) mass is 195 g/mol. The van der Waals surface area contributed by atoms with Crippen molar-refractivity contribution >= 4 is 5.97 Å². The first-order valence-corrected chi connectivity index (χ1v) is 4.27. The molecule has 76 valence electrons. The molecule has 1 aromatic carbocycles. The summed E-state index contributed by atoms with van der Waals surface area (Å²) in [5.74, 6) is -0.765. The lowest BCUT2D eigenvalue weighted by atomic mass is 9.99. The van der Waals surface area contributed by atoms with Crippen LogP contribution in [0, 0.1) is 6.92 Å². The second-order valence-electron chi connectivity index (χ2n) is 3.25. The van der Waals surface area contributed by atoms with Crippen molar-refractivity contribution in [2.75, 3.05) is 0 Å². The molecule has 4 nitrogen and oxygen atoms in total. The lowest BCUT2D eigenvalue weighted by molar-refractivity contribution is -0.137. The molecule has 14 heavy (non-hydrogen) atoms. The Balaban J connectivity index is 2.90. The number of hydrogen-bond donors (Lipinski definition) is 3. The summed E-state index contributed by atoms with van der Waals surface area (Å²) in [6, 6.07) is 4.20. The molecule has 0 heterocycles. The lowest BCUT2D eigenvalue weighted by Crippen LogP contribution is -2.15. The van der Waals surface area contributed by atoms with Crippen LogP contribution >= 0.6 is 0 Å². The summed E-state index contributed by atoms with van der Waals surface area (Å²) in [4.78, 5) is 10.4. The average Bonchev–Trinajstić information content (AvgIpc) is 2.01. The Morgan fingerprint density at radius 1 is 1.57 bits per heavy atom. The zero-order valence-corrected chi connectivity index (χ0v) is 7.90. The summed E-state index contributed by atoms with van der Waals surface area (Å²) in [6.45, 7) is 1.79. The van der Waals surface area contributed by atoms with Gasteiger partial charge in [0.25, 0.3) is 0 Å². The van der Waals surface area contributed by atoms with Crippen molar-refractivity contribution in [2.24, 2.45) is 5.73 Å². The molecule has 0 unspecified atom stereocenters. The van der Waals surface area contributed by atoms with E-state index in [0.717, 1.165) is 11.1 Å². The standard InChI is InChI=1S/C10H13NO3/c1-6-4-7(12)2-3-8(6)9(11)5-10(13)14/h2-4,9,12H,5,11H2,1H3,(H,13,14)/t9-/m1/s1. The number of nitrogens with two attached hydrogens (primary N) is 1. The summed E-state index contributed by atoms with van der Waals surface area (Å²) in [5.41, 5.74) is 7.24. The summed E-state index contributed by atoms with van der Waals surface area (Å²) >= 11 is 0. The van der Waals surface area contributed by atoms with Gasteiger partial charge in [-0.1, -0.05) is 6.07 Å². The second-order valence-corrected chi connectivity index (χ2v) is 3.25. The number of benzene rings is 1. The maximum atomic E-state index is 10.4. The van der Waals surface area contributed by atoms with E-state index in [9.17, 15) is 4.79 Å². The maximum Gasteiger partial charge on any atom is 0.305 e. The van der Waals surface area contributed by atoms with Gasteiger partial charge in [0.15, 0.2) is 0 Å². The van der Waals surface area contributed by atoms with E-state index < -0.39 is 12.0 Å². The van der Waals surface area contributed by atoms with Crippen molar-refractivity contribution in [1.82, 2.24) is 0 Å². The molecule has 1 rings (SSSR count). The number of aryl methyl sites for hydroxylation is 1. The number of carbonyl (C=O) groups is 1. The zero-order chi connectivity index (χ0) is 10.7. The Bertz CT molecular complexity index is 349. The van der Waals surface area contributed by atoms with Crippen LogP contribution in [0.2, 0.25) is 0 Å². The van der Waals surface area contributed by atoms with Crippen LogP contribution in [0.3, 0.4) is 0 Å². The Kier molecular flexibility index (Phi) is 3.09. The molecule has 0 saturated carbocycles. The molecule has 0 radical (unpaired) electrons. The summed E-state index contributed by atoms with van der Waals surface area (Å²) in [7, 11) is 0. The predicted octanol–water partition coefficient (Wildman–Crippen LogP) is 1.18. The zero-order valence-electron chi connectivity index (χ0n) is 7.90. The molecule has 0 aliphatic rings. The van der Waals surface area contributed by atoms with Crippen molar-refractivity contribution < 1.29 is 15.0 Å². The van der Waals surface area contributed by atoms with Crippen LogP contribution in [0.4, 0.5) is 0 Å². The number of aromatic hydroxyl groups is 1. The van der Waals surface area contributed by atoms with Crippen LogP contribution in [0.15, 0.2) is 18.2 Å². The smallest absolute Gasteiger partial charge is 0.305 e. The highest BCUT2D eigenvalue weighted by Crippen LogP contribution is 2.22. The van der Waals surface area contributed by atoms with Gasteiger partial charge in [-0.3, -0.25) is 4.79 Å². The van der Waals surface area contributed by atoms with Gasteiger partial charge in [0, 0.05) is 6.04 Å². The van der Waals surface area contributed by atoms with E-state index in [2.05, 4.69) is 0 Å². The van der Waals surface area contributed by atoms with E-state index in [1.165, 1.54) is 6.07 Å². The van der Waals surface area contributed by atoms with Gasteiger partial charge in [0.1, 0.15) is 5.75 Å². The van der Waals surface area contributed by atoms with Crippen LogP contribution in [-0.4, -0.2) is 16.2 Å². The van der Waals surface area contributed by atoms with Crippen molar-refractivity contribution in [3.8, 4) is 5.75 Å². The Hall–Kier alpha value is -1.55. The van der Waals surface area contributed by atoms with E-state index in [1.54, 1.807) is 19.1 Å². The first-order valence-electron chi connectivity index (χ1n) is 4.27. The van der Waals surface area contributed by atoms with Crippen molar-refractivity contribution in [2.45, 2.75) is 19.4 Å². The molecule has 1 atom stereocenters. The molecule has 0 aliphatic heterocycles. The minimum atomic E-state index is -0.926. The highest BCUT2D eigenvalue weighted by atomic mass is 16.4. The number of hydrogen-bond acceptors (Lipinski definition) is 3. The van der Waals surface area contributed by atoms with E-state index in [0.29, 0.717) is 0 Å². The fourth-order valence-corrected chi connectivity index (χ4v) is 1.37. The van der Waals surface area contributed by atoms with Crippen LogP contribution < -0.4 is 5.73 Å². The third kappa shape index (κ3) is 2.47. The van der Waals surface area contributed by atoms with E-state index in [1.807, 2.05) is 0 Å². The van der Waals surface area contributed by atoms with Crippen molar-refractivity contribution in [3.05, 3.63) is 29.3 Å². The molecule has 0 spiro atoms. The number of phenols is 1. The quantitative estimate of drug-likeness (QED) is 0.676. The fourth-order valence-electron chi connectivity index (χ4n) is 1.37. The first kappa shape index (κ1) is 10.5. The molecule has 0 aliphatic carbocycles. The van der Waals surface area contributed by atoms with Gasteiger partial charge in [-0.05, 0) is 30.2 Å². The second kappa shape index (κ2) is 4.11. The molecule has 0 saturated heterocycles. The number of rotatable bonds is 3. The molecule has 4 N–H and O–H groups in total. The SMILES string of the molecule is Cc1cc(O)ccc1[C@H](N)CC(=O)O. The molecule has 4 heteroatoms. The van der Waals surface area contributed by atoms with Crippen LogP contribution in [0.5, 0.6) is 5.75 Å². The summed E-state index contributed by atoms with van der Waals surface area (Å²) in [5, 5.41) is 17.7. The van der Waals surface area contributed by atoms with Crippen LogP contribution in [-0.2, 0) is 4.79 Å². The number of carboxylic acid groups (broad SMARTS) is 1. The molecule has 0 amide bonds. The number of carboxylic acids is 1. The third-order valence-electron chi connectivity index (χ3n) is 2.05. The van der Waals surface area contributed by atoms with Gasteiger partial charge >= 0.3 is 5.97 Å². The van der Waals surface area contributed by atoms with Crippen molar-refractivity contribution in [1.29, 1.82) is 0 Å². The van der Waals surface area contributed by atoms with E-state index in [-0.39, 0.29) is 12.2 Å². The largest absolute Gasteiger partial charge is 0.508 e. The molecule has 1 aromatic rings. The third-order valence-corrected chi connectivity index (χ3v) is 2.05. The average molecular weight is 195 g/mol. The fraction of sp³-hybridized carbons (Fsp3) is 0.300.